The van der Waals surface area contributed by atoms with Gasteiger partial charge in [-0.15, -0.1) is 0 Å². The molecular weight excluding hydrogens is 516 g/mol. The molecule has 4 aromatic rings. The minimum atomic E-state index is -0.151. The normalized spacial score (nSPS) is 11.1. The van der Waals surface area contributed by atoms with Crippen LogP contribution in [-0.4, -0.2) is 23.3 Å². The van der Waals surface area contributed by atoms with Crippen molar-refractivity contribution in [1.29, 1.82) is 0 Å². The molecule has 4 rings (SSSR count). The predicted molar refractivity (Wildman–Crippen MR) is 156 cm³/mol. The Kier molecular flexibility index (Phi) is 10.2. The summed E-state index contributed by atoms with van der Waals surface area (Å²) in [4.78, 5) is 24.4. The van der Waals surface area contributed by atoms with Gasteiger partial charge in [-0.05, 0) is 72.8 Å². The van der Waals surface area contributed by atoms with Gasteiger partial charge in [0.2, 0.25) is 11.8 Å². The average Bonchev–Trinajstić information content (AvgIpc) is 2.96. The second kappa shape index (κ2) is 14.5. The first-order valence-electron chi connectivity index (χ1n) is 11.6. The number of carbonyl (C=O) groups excluding carboxylic acids is 2. The molecule has 0 atom stereocenters. The minimum Gasteiger partial charge on any atom is -0.325 e. The fourth-order valence-electron chi connectivity index (χ4n) is 3.03. The summed E-state index contributed by atoms with van der Waals surface area (Å²) in [6.07, 6.45) is 0. The number of hydrogen-bond acceptors (Lipinski definition) is 8. The third kappa shape index (κ3) is 9.30. The summed E-state index contributed by atoms with van der Waals surface area (Å²) in [7, 11) is 2.64. The van der Waals surface area contributed by atoms with Gasteiger partial charge in [0.05, 0.1) is 34.3 Å². The molecule has 0 unspecified atom stereocenters. The van der Waals surface area contributed by atoms with Crippen LogP contribution in [0, 0.1) is 0 Å². The van der Waals surface area contributed by atoms with Gasteiger partial charge in [0, 0.05) is 11.4 Å². The van der Waals surface area contributed by atoms with E-state index in [9.17, 15) is 9.59 Å². The number of azo groups is 2. The zero-order valence-corrected chi connectivity index (χ0v) is 21.9. The average molecular weight is 541 g/mol. The van der Waals surface area contributed by atoms with E-state index >= 15 is 0 Å². The molecule has 190 valence electrons. The smallest absolute Gasteiger partial charge is 0.235 e. The van der Waals surface area contributed by atoms with Crippen molar-refractivity contribution in [1.82, 2.24) is 0 Å². The molecule has 10 heteroatoms. The van der Waals surface area contributed by atoms with Crippen LogP contribution in [0.15, 0.2) is 130 Å². The number of carbonyl (C=O) groups is 2. The Labute approximate surface area is 228 Å². The summed E-state index contributed by atoms with van der Waals surface area (Å²) in [5.74, 6) is 0.131. The van der Waals surface area contributed by atoms with Crippen molar-refractivity contribution in [3.05, 3.63) is 109 Å². The van der Waals surface area contributed by atoms with Gasteiger partial charge in [-0.2, -0.15) is 20.5 Å². The predicted octanol–water partition coefficient (Wildman–Crippen LogP) is 8.48. The van der Waals surface area contributed by atoms with Crippen LogP contribution in [0.1, 0.15) is 0 Å². The van der Waals surface area contributed by atoms with E-state index in [-0.39, 0.29) is 23.3 Å². The third-order valence-corrected chi connectivity index (χ3v) is 6.97. The van der Waals surface area contributed by atoms with Crippen LogP contribution in [-0.2, 0) is 9.59 Å². The Morgan fingerprint density at radius 2 is 0.789 bits per heavy atom. The molecular formula is C28H24N6O2S2. The lowest BCUT2D eigenvalue weighted by Crippen LogP contribution is -2.15. The van der Waals surface area contributed by atoms with Gasteiger partial charge in [-0.25, -0.2) is 0 Å². The van der Waals surface area contributed by atoms with Gasteiger partial charge >= 0.3 is 0 Å². The van der Waals surface area contributed by atoms with E-state index in [4.69, 9.17) is 0 Å². The Hall–Kier alpha value is -4.28. The second-order valence-electron chi connectivity index (χ2n) is 7.79. The molecule has 0 radical (unpaired) electrons. The van der Waals surface area contributed by atoms with Crippen LogP contribution < -0.4 is 10.6 Å². The quantitative estimate of drug-likeness (QED) is 0.113. The number of rotatable bonds is 11. The monoisotopic (exact) mass is 540 g/mol. The molecule has 0 aromatic heterocycles. The second-order valence-corrected chi connectivity index (χ2v) is 10.2. The van der Waals surface area contributed by atoms with Crippen molar-refractivity contribution in [3.8, 4) is 0 Å². The van der Waals surface area contributed by atoms with Crippen molar-refractivity contribution < 1.29 is 9.59 Å². The Morgan fingerprint density at radius 3 is 1.13 bits per heavy atom. The summed E-state index contributed by atoms with van der Waals surface area (Å²) < 4.78 is 0. The first-order valence-corrected chi connectivity index (χ1v) is 14.1. The number of amides is 2. The number of anilines is 2. The Balaban J connectivity index is 1.12. The minimum absolute atomic E-state index is 0.151. The topological polar surface area (TPSA) is 108 Å². The van der Waals surface area contributed by atoms with E-state index in [0.29, 0.717) is 22.7 Å². The number of benzene rings is 4. The van der Waals surface area contributed by atoms with Crippen molar-refractivity contribution in [2.24, 2.45) is 20.5 Å². The number of nitrogens with one attached hydrogen (secondary N) is 2. The lowest BCUT2D eigenvalue weighted by atomic mass is 10.3. The molecule has 0 spiro atoms. The number of nitrogens with zero attached hydrogens (tertiary/aromatic N) is 4. The maximum atomic E-state index is 12.2. The van der Waals surface area contributed by atoms with Gasteiger partial charge in [-0.3, -0.25) is 9.59 Å². The van der Waals surface area contributed by atoms with Crippen molar-refractivity contribution in [2.75, 3.05) is 22.1 Å². The first kappa shape index (κ1) is 26.8. The summed E-state index contributed by atoms with van der Waals surface area (Å²) in [6.45, 7) is 0. The Morgan fingerprint density at radius 1 is 0.474 bits per heavy atom. The molecule has 2 N–H and O–H groups in total. The first-order chi connectivity index (χ1) is 18.6. The highest BCUT2D eigenvalue weighted by atomic mass is 33.1. The molecule has 0 aliphatic rings. The van der Waals surface area contributed by atoms with Crippen LogP contribution in [0.2, 0.25) is 0 Å². The SMILES string of the molecule is O=C(CSSCC(=O)Nc1ccc(/N=N/c2ccccc2)cc1)Nc1ccc(/N=N/c2ccccc2)cc1. The maximum absolute atomic E-state index is 12.2. The van der Waals surface area contributed by atoms with Crippen molar-refractivity contribution in [3.63, 3.8) is 0 Å². The standard InChI is InChI=1S/C28H24N6O2S2/c35-27(29-21-11-15-25(16-12-21)33-31-23-7-3-1-4-8-23)19-37-38-20-28(36)30-22-13-17-26(18-14-22)34-32-24-9-5-2-6-10-24/h1-18H,19-20H2,(H,29,35)(H,30,36)/b33-31+,34-32+. The Bertz CT molecular complexity index is 1270. The highest BCUT2D eigenvalue weighted by molar-refractivity contribution is 8.77. The molecule has 2 amide bonds. The van der Waals surface area contributed by atoms with E-state index < -0.39 is 0 Å². The molecule has 0 aliphatic carbocycles. The largest absolute Gasteiger partial charge is 0.325 e. The van der Waals surface area contributed by atoms with Crippen LogP contribution in [0.4, 0.5) is 34.1 Å². The fourth-order valence-corrected chi connectivity index (χ4v) is 4.69. The maximum Gasteiger partial charge on any atom is 0.235 e. The van der Waals surface area contributed by atoms with Gasteiger partial charge in [0.1, 0.15) is 0 Å². The molecule has 38 heavy (non-hydrogen) atoms. The molecule has 4 aromatic carbocycles. The highest BCUT2D eigenvalue weighted by Crippen LogP contribution is 2.24. The van der Waals surface area contributed by atoms with E-state index in [2.05, 4.69) is 31.1 Å². The van der Waals surface area contributed by atoms with E-state index in [1.807, 2.05) is 60.7 Å². The zero-order chi connectivity index (χ0) is 26.4. The molecule has 0 saturated carbocycles. The van der Waals surface area contributed by atoms with Crippen molar-refractivity contribution >= 4 is 67.5 Å². The molecule has 0 bridgehead atoms. The highest BCUT2D eigenvalue weighted by Gasteiger charge is 2.07. The van der Waals surface area contributed by atoms with Gasteiger partial charge in [0.25, 0.3) is 0 Å². The van der Waals surface area contributed by atoms with E-state index in [0.717, 1.165) is 11.4 Å². The molecule has 8 nitrogen and oxygen atoms in total. The van der Waals surface area contributed by atoms with Crippen LogP contribution >= 0.6 is 21.6 Å². The molecule has 0 aliphatic heterocycles. The van der Waals surface area contributed by atoms with Crippen molar-refractivity contribution in [2.45, 2.75) is 0 Å². The summed E-state index contributed by atoms with van der Waals surface area (Å²) in [5, 5.41) is 22.4. The van der Waals surface area contributed by atoms with Crippen LogP contribution in [0.3, 0.4) is 0 Å². The van der Waals surface area contributed by atoms with Gasteiger partial charge < -0.3 is 10.6 Å². The van der Waals surface area contributed by atoms with Crippen LogP contribution in [0.5, 0.6) is 0 Å². The van der Waals surface area contributed by atoms with Gasteiger partial charge in [-0.1, -0.05) is 58.0 Å². The third-order valence-electron chi connectivity index (χ3n) is 4.84. The van der Waals surface area contributed by atoms with E-state index in [1.54, 1.807) is 48.5 Å². The summed E-state index contributed by atoms with van der Waals surface area (Å²) in [5.41, 5.74) is 4.26. The molecule has 0 fully saturated rings. The molecule has 0 saturated heterocycles. The summed E-state index contributed by atoms with van der Waals surface area (Å²) >= 11 is 0. The zero-order valence-electron chi connectivity index (χ0n) is 20.2. The van der Waals surface area contributed by atoms with E-state index in [1.165, 1.54) is 21.6 Å². The summed E-state index contributed by atoms with van der Waals surface area (Å²) in [6, 6.07) is 33.2. The lowest BCUT2D eigenvalue weighted by molar-refractivity contribution is -0.114. The van der Waals surface area contributed by atoms with Gasteiger partial charge in [0.15, 0.2) is 0 Å². The molecule has 0 heterocycles. The fraction of sp³-hybridized carbons (Fsp3) is 0.0714. The van der Waals surface area contributed by atoms with Crippen LogP contribution in [0.25, 0.3) is 0 Å². The lowest BCUT2D eigenvalue weighted by Gasteiger charge is -2.06. The number of hydrogen-bond donors (Lipinski definition) is 2.